The van der Waals surface area contributed by atoms with E-state index in [2.05, 4.69) is 19.1 Å². The molecule has 5 heteroatoms. The Morgan fingerprint density at radius 3 is 2.50 bits per heavy atom. The van der Waals surface area contributed by atoms with Gasteiger partial charge in [0.1, 0.15) is 0 Å². The van der Waals surface area contributed by atoms with E-state index >= 15 is 0 Å². The second-order valence-electron chi connectivity index (χ2n) is 6.16. The van der Waals surface area contributed by atoms with Gasteiger partial charge < -0.3 is 10.6 Å². The van der Waals surface area contributed by atoms with Gasteiger partial charge in [0.15, 0.2) is 0 Å². The number of rotatable bonds is 5. The Balaban J connectivity index is 1.82. The van der Waals surface area contributed by atoms with Crippen molar-refractivity contribution < 1.29 is 9.59 Å². The first-order valence-electron chi connectivity index (χ1n) is 7.77. The molecule has 0 radical (unpaired) electrons. The van der Waals surface area contributed by atoms with E-state index in [1.54, 1.807) is 0 Å². The third kappa shape index (κ3) is 4.31. The minimum Gasteiger partial charge on any atom is -0.369 e. The molecule has 1 saturated heterocycles. The summed E-state index contributed by atoms with van der Waals surface area (Å²) < 4.78 is 0. The second kappa shape index (κ2) is 7.40. The van der Waals surface area contributed by atoms with Crippen LogP contribution in [0, 0.1) is 12.8 Å². The van der Waals surface area contributed by atoms with Crippen LogP contribution in [0.2, 0.25) is 0 Å². The number of nitrogens with zero attached hydrogens (tertiary/aromatic N) is 2. The lowest BCUT2D eigenvalue weighted by molar-refractivity contribution is -0.135. The molecule has 0 spiro atoms. The Morgan fingerprint density at radius 1 is 1.27 bits per heavy atom. The lowest BCUT2D eigenvalue weighted by Gasteiger charge is -2.32. The van der Waals surface area contributed by atoms with Gasteiger partial charge in [0.2, 0.25) is 11.8 Å². The number of amides is 2. The summed E-state index contributed by atoms with van der Waals surface area (Å²) in [5.74, 6) is -0.198. The van der Waals surface area contributed by atoms with Gasteiger partial charge >= 0.3 is 0 Å². The normalized spacial score (nSPS) is 16.0. The fourth-order valence-corrected chi connectivity index (χ4v) is 2.88. The maximum absolute atomic E-state index is 12.3. The molecule has 2 N–H and O–H groups in total. The van der Waals surface area contributed by atoms with Gasteiger partial charge in [-0.3, -0.25) is 14.5 Å². The molecule has 2 rings (SSSR count). The first kappa shape index (κ1) is 16.5. The number of likely N-dealkylation sites (N-methyl/N-ethyl adjacent to an activating group) is 1. The van der Waals surface area contributed by atoms with Crippen LogP contribution in [-0.4, -0.2) is 48.3 Å². The molecule has 0 bridgehead atoms. The van der Waals surface area contributed by atoms with Crippen molar-refractivity contribution in [3.05, 3.63) is 35.4 Å². The topological polar surface area (TPSA) is 66.6 Å². The van der Waals surface area contributed by atoms with Crippen LogP contribution >= 0.6 is 0 Å². The number of carbonyl (C=O) groups is 2. The van der Waals surface area contributed by atoms with Gasteiger partial charge in [0, 0.05) is 25.6 Å². The van der Waals surface area contributed by atoms with Gasteiger partial charge in [-0.1, -0.05) is 24.3 Å². The van der Waals surface area contributed by atoms with E-state index in [-0.39, 0.29) is 17.7 Å². The molecule has 22 heavy (non-hydrogen) atoms. The number of benzene rings is 1. The van der Waals surface area contributed by atoms with Crippen LogP contribution in [0.3, 0.4) is 0 Å². The van der Waals surface area contributed by atoms with Crippen LogP contribution in [0.15, 0.2) is 24.3 Å². The highest BCUT2D eigenvalue weighted by molar-refractivity contribution is 5.80. The average Bonchev–Trinajstić information content (AvgIpc) is 2.49. The van der Waals surface area contributed by atoms with Crippen LogP contribution in [0.4, 0.5) is 0 Å². The van der Waals surface area contributed by atoms with Gasteiger partial charge in [-0.15, -0.1) is 0 Å². The molecule has 0 aromatic heterocycles. The molecule has 0 atom stereocenters. The molecular weight excluding hydrogens is 278 g/mol. The first-order valence-corrected chi connectivity index (χ1v) is 7.77. The maximum Gasteiger partial charge on any atom is 0.236 e. The zero-order valence-corrected chi connectivity index (χ0v) is 13.4. The molecular formula is C17H25N3O2. The monoisotopic (exact) mass is 303 g/mol. The van der Waals surface area contributed by atoms with Gasteiger partial charge in [-0.2, -0.15) is 0 Å². The predicted molar refractivity (Wildman–Crippen MR) is 86.0 cm³/mol. The molecule has 1 heterocycles. The van der Waals surface area contributed by atoms with E-state index in [1.807, 2.05) is 29.0 Å². The zero-order chi connectivity index (χ0) is 16.1. The van der Waals surface area contributed by atoms with E-state index in [0.717, 1.165) is 6.54 Å². The number of nitrogens with two attached hydrogens (primary N) is 1. The number of piperidine rings is 1. The lowest BCUT2D eigenvalue weighted by Crippen LogP contribution is -2.45. The molecule has 0 unspecified atom stereocenters. The van der Waals surface area contributed by atoms with E-state index in [1.165, 1.54) is 11.1 Å². The SMILES string of the molecule is Cc1ccccc1CN(C)CC(=O)N1CCC(C(N)=O)CC1. The second-order valence-corrected chi connectivity index (χ2v) is 6.16. The van der Waals surface area contributed by atoms with E-state index in [4.69, 9.17) is 5.73 Å². The van der Waals surface area contributed by atoms with Gasteiger partial charge in [-0.25, -0.2) is 0 Å². The Bertz CT molecular complexity index is 536. The summed E-state index contributed by atoms with van der Waals surface area (Å²) in [5, 5.41) is 0. The van der Waals surface area contributed by atoms with Gasteiger partial charge in [0.05, 0.1) is 6.54 Å². The number of hydrogen-bond donors (Lipinski definition) is 1. The quantitative estimate of drug-likeness (QED) is 0.887. The summed E-state index contributed by atoms with van der Waals surface area (Å²) in [7, 11) is 1.96. The molecule has 1 aromatic carbocycles. The maximum atomic E-state index is 12.3. The molecule has 2 amide bonds. The third-order valence-electron chi connectivity index (χ3n) is 4.36. The Labute approximate surface area is 132 Å². The number of primary amides is 1. The van der Waals surface area contributed by atoms with Crippen LogP contribution in [-0.2, 0) is 16.1 Å². The third-order valence-corrected chi connectivity index (χ3v) is 4.36. The fraction of sp³-hybridized carbons (Fsp3) is 0.529. The van der Waals surface area contributed by atoms with Crippen molar-refractivity contribution in [2.75, 3.05) is 26.7 Å². The lowest BCUT2D eigenvalue weighted by atomic mass is 9.96. The summed E-state index contributed by atoms with van der Waals surface area (Å²) in [4.78, 5) is 27.4. The largest absolute Gasteiger partial charge is 0.369 e. The van der Waals surface area contributed by atoms with Gasteiger partial charge in [0.25, 0.3) is 0 Å². The summed E-state index contributed by atoms with van der Waals surface area (Å²) in [6.07, 6.45) is 1.37. The minimum atomic E-state index is -0.247. The molecule has 1 fully saturated rings. The Morgan fingerprint density at radius 2 is 1.91 bits per heavy atom. The summed E-state index contributed by atoms with van der Waals surface area (Å²) >= 11 is 0. The Kier molecular flexibility index (Phi) is 5.55. The van der Waals surface area contributed by atoms with Crippen LogP contribution in [0.5, 0.6) is 0 Å². The minimum absolute atomic E-state index is 0.0752. The molecule has 1 aliphatic heterocycles. The fourth-order valence-electron chi connectivity index (χ4n) is 2.88. The highest BCUT2D eigenvalue weighted by Crippen LogP contribution is 2.17. The van der Waals surface area contributed by atoms with Crippen molar-refractivity contribution in [3.8, 4) is 0 Å². The highest BCUT2D eigenvalue weighted by Gasteiger charge is 2.26. The molecule has 5 nitrogen and oxygen atoms in total. The molecule has 0 saturated carbocycles. The Hall–Kier alpha value is -1.88. The number of likely N-dealkylation sites (tertiary alicyclic amines) is 1. The van der Waals surface area contributed by atoms with Crippen LogP contribution < -0.4 is 5.73 Å². The van der Waals surface area contributed by atoms with Crippen molar-refractivity contribution in [1.29, 1.82) is 0 Å². The van der Waals surface area contributed by atoms with Crippen molar-refractivity contribution in [2.45, 2.75) is 26.3 Å². The summed E-state index contributed by atoms with van der Waals surface area (Å²) in [6, 6.07) is 8.22. The number of carbonyl (C=O) groups excluding carboxylic acids is 2. The standard InChI is InChI=1S/C17H25N3O2/c1-13-5-3-4-6-15(13)11-19(2)12-16(21)20-9-7-14(8-10-20)17(18)22/h3-6,14H,7-12H2,1-2H3,(H2,18,22). The highest BCUT2D eigenvalue weighted by atomic mass is 16.2. The number of aryl methyl sites for hydroxylation is 1. The zero-order valence-electron chi connectivity index (χ0n) is 13.4. The van der Waals surface area contributed by atoms with Crippen molar-refractivity contribution in [3.63, 3.8) is 0 Å². The molecule has 120 valence electrons. The molecule has 0 aliphatic carbocycles. The first-order chi connectivity index (χ1) is 10.5. The van der Waals surface area contributed by atoms with E-state index < -0.39 is 0 Å². The molecule has 1 aromatic rings. The van der Waals surface area contributed by atoms with Crippen molar-refractivity contribution >= 4 is 11.8 Å². The molecule has 1 aliphatic rings. The van der Waals surface area contributed by atoms with E-state index in [0.29, 0.717) is 32.5 Å². The van der Waals surface area contributed by atoms with Crippen molar-refractivity contribution in [2.24, 2.45) is 11.7 Å². The van der Waals surface area contributed by atoms with Crippen LogP contribution in [0.25, 0.3) is 0 Å². The number of hydrogen-bond acceptors (Lipinski definition) is 3. The smallest absolute Gasteiger partial charge is 0.236 e. The van der Waals surface area contributed by atoms with Crippen LogP contribution in [0.1, 0.15) is 24.0 Å². The average molecular weight is 303 g/mol. The van der Waals surface area contributed by atoms with Crippen molar-refractivity contribution in [1.82, 2.24) is 9.80 Å². The summed E-state index contributed by atoms with van der Waals surface area (Å²) in [6.45, 7) is 4.50. The van der Waals surface area contributed by atoms with E-state index in [9.17, 15) is 9.59 Å². The predicted octanol–water partition coefficient (Wildman–Crippen LogP) is 1.15. The summed E-state index contributed by atoms with van der Waals surface area (Å²) in [5.41, 5.74) is 7.80. The van der Waals surface area contributed by atoms with Gasteiger partial charge in [-0.05, 0) is 37.9 Å².